The molecule has 1 N–H and O–H groups in total. The highest BCUT2D eigenvalue weighted by molar-refractivity contribution is 7.10. The molecule has 0 saturated carbocycles. The van der Waals surface area contributed by atoms with Gasteiger partial charge in [0.1, 0.15) is 18.7 Å². The fourth-order valence-electron chi connectivity index (χ4n) is 4.80. The van der Waals surface area contributed by atoms with Crippen LogP contribution in [0.2, 0.25) is 25.7 Å². The van der Waals surface area contributed by atoms with Gasteiger partial charge >= 0.3 is 0 Å². The molecule has 0 saturated heterocycles. The van der Waals surface area contributed by atoms with Crippen molar-refractivity contribution in [1.82, 2.24) is 20.0 Å². The number of nitrogens with zero attached hydrogens (tertiary/aromatic N) is 5. The van der Waals surface area contributed by atoms with Crippen molar-refractivity contribution in [1.29, 1.82) is 5.26 Å². The number of aromatic nitrogens is 3. The average Bonchev–Trinajstić information content (AvgIpc) is 3.65. The molecule has 0 radical (unpaired) electrons. The minimum Gasteiger partial charge on any atom is -0.361 e. The summed E-state index contributed by atoms with van der Waals surface area (Å²) in [6, 6.07) is 7.68. The second kappa shape index (κ2) is 12.5. The lowest BCUT2D eigenvalue weighted by molar-refractivity contribution is -0.138. The van der Waals surface area contributed by atoms with Crippen molar-refractivity contribution in [2.24, 2.45) is 5.10 Å². The van der Waals surface area contributed by atoms with E-state index >= 15 is 0 Å². The summed E-state index contributed by atoms with van der Waals surface area (Å²) in [4.78, 5) is 10.4. The molecule has 2 atom stereocenters. The molecule has 0 bridgehead atoms. The number of thiophene rings is 1. The van der Waals surface area contributed by atoms with Gasteiger partial charge in [-0.3, -0.25) is 0 Å². The van der Waals surface area contributed by atoms with Gasteiger partial charge < -0.3 is 24.2 Å². The van der Waals surface area contributed by atoms with Crippen LogP contribution in [-0.4, -0.2) is 55.2 Å². The molecule has 3 aromatic heterocycles. The molecule has 38 heavy (non-hydrogen) atoms. The Morgan fingerprint density at radius 3 is 2.68 bits per heavy atom. The summed E-state index contributed by atoms with van der Waals surface area (Å²) in [6.45, 7) is 13.8. The van der Waals surface area contributed by atoms with Crippen molar-refractivity contribution in [3.05, 3.63) is 46.2 Å². The Labute approximate surface area is 229 Å². The van der Waals surface area contributed by atoms with Crippen molar-refractivity contribution in [2.45, 2.75) is 70.3 Å². The van der Waals surface area contributed by atoms with E-state index < -0.39 is 19.8 Å². The van der Waals surface area contributed by atoms with Gasteiger partial charge in [0.05, 0.1) is 22.1 Å². The molecule has 204 valence electrons. The van der Waals surface area contributed by atoms with Gasteiger partial charge in [-0.2, -0.15) is 10.4 Å². The van der Waals surface area contributed by atoms with Gasteiger partial charge in [0.25, 0.3) is 0 Å². The molecule has 2 unspecified atom stereocenters. The summed E-state index contributed by atoms with van der Waals surface area (Å²) < 4.78 is 19.7. The molecule has 9 nitrogen and oxygen atoms in total. The molecule has 3 aromatic rings. The smallest absolute Gasteiger partial charge is 0.193 e. The van der Waals surface area contributed by atoms with Crippen molar-refractivity contribution < 1.29 is 14.2 Å². The first-order chi connectivity index (χ1) is 18.3. The number of hydrogen-bond acceptors (Lipinski definition) is 9. The largest absolute Gasteiger partial charge is 0.361 e. The molecule has 0 fully saturated rings. The maximum atomic E-state index is 9.89. The molecule has 4 rings (SSSR count). The van der Waals surface area contributed by atoms with E-state index in [-0.39, 0.29) is 5.92 Å². The Morgan fingerprint density at radius 1 is 1.24 bits per heavy atom. The first-order valence-electron chi connectivity index (χ1n) is 13.2. The fraction of sp³-hybridized carbons (Fsp3) is 0.556. The maximum absolute atomic E-state index is 9.89. The number of nitrogens with one attached hydrogen (secondary N) is 1. The number of hydrogen-bond donors (Lipinski definition) is 1. The molecular formula is C27H38N6O3SSi. The summed E-state index contributed by atoms with van der Waals surface area (Å²) in [6.07, 6.45) is 5.41. The Hall–Kier alpha value is -2.62. The third-order valence-electron chi connectivity index (χ3n) is 6.81. The van der Waals surface area contributed by atoms with Crippen LogP contribution in [-0.2, 0) is 26.4 Å². The minimum absolute atomic E-state index is 0.172. The van der Waals surface area contributed by atoms with Gasteiger partial charge in [-0.1, -0.05) is 19.6 Å². The first kappa shape index (κ1) is 28.4. The lowest BCUT2D eigenvalue weighted by Crippen LogP contribution is -2.40. The number of hydrazone groups is 1. The summed E-state index contributed by atoms with van der Waals surface area (Å²) in [7, 11) is -1.16. The first-order valence-corrected chi connectivity index (χ1v) is 17.7. The third-order valence-corrected chi connectivity index (χ3v) is 9.49. The lowest BCUT2D eigenvalue weighted by atomic mass is 9.69. The standard InChI is InChI=1S/C27H38N6O3SSi/c1-6-35-26(36-7-2)23-14-20(15-37-23)22(8-10-28)27(16-31-32-17-27)24-21-9-11-33(25(21)30-18-29-24)19-34-12-13-38(3,4)5/h9,11,14-16,18,22,26,32H,6-8,12-13,17,19H2,1-5H3. The number of fused-ring (bicyclic) bond motifs is 1. The number of ether oxygens (including phenoxy) is 3. The van der Waals surface area contributed by atoms with E-state index in [0.717, 1.165) is 39.8 Å². The summed E-state index contributed by atoms with van der Waals surface area (Å²) in [5.74, 6) is -0.172. The highest BCUT2D eigenvalue weighted by atomic mass is 32.1. The molecule has 1 aliphatic heterocycles. The van der Waals surface area contributed by atoms with Crippen molar-refractivity contribution in [3.63, 3.8) is 0 Å². The summed E-state index contributed by atoms with van der Waals surface area (Å²) >= 11 is 1.59. The predicted molar refractivity (Wildman–Crippen MR) is 153 cm³/mol. The fourth-order valence-corrected chi connectivity index (χ4v) is 6.52. The Kier molecular flexibility index (Phi) is 9.33. The van der Waals surface area contributed by atoms with E-state index in [1.54, 1.807) is 17.7 Å². The Balaban J connectivity index is 1.68. The molecule has 0 amide bonds. The molecule has 11 heteroatoms. The van der Waals surface area contributed by atoms with Crippen LogP contribution in [0.15, 0.2) is 35.1 Å². The third kappa shape index (κ3) is 6.16. The Morgan fingerprint density at radius 2 is 2.03 bits per heavy atom. The van der Waals surface area contributed by atoms with Crippen molar-refractivity contribution in [2.75, 3.05) is 26.4 Å². The Bertz CT molecular complexity index is 1270. The SMILES string of the molecule is CCOC(OCC)c1cc(C(CC#N)C2(c3ncnc4c3ccn4COCC[Si](C)(C)C)C=NNC2)cs1. The van der Waals surface area contributed by atoms with E-state index in [1.165, 1.54) is 0 Å². The van der Waals surface area contributed by atoms with Crippen LogP contribution in [0.25, 0.3) is 11.0 Å². The minimum atomic E-state index is -1.16. The van der Waals surface area contributed by atoms with Gasteiger partial charge in [-0.25, -0.2) is 9.97 Å². The monoisotopic (exact) mass is 554 g/mol. The van der Waals surface area contributed by atoms with E-state index in [0.29, 0.717) is 32.9 Å². The normalized spacial score (nSPS) is 18.2. The highest BCUT2D eigenvalue weighted by Crippen LogP contribution is 2.44. The molecule has 0 aromatic carbocycles. The topological polar surface area (TPSA) is 107 Å². The molecular weight excluding hydrogens is 516 g/mol. The van der Waals surface area contributed by atoms with Crippen LogP contribution in [0.1, 0.15) is 48.6 Å². The molecule has 4 heterocycles. The van der Waals surface area contributed by atoms with Gasteiger partial charge in [-0.15, -0.1) is 11.3 Å². The van der Waals surface area contributed by atoms with E-state index in [2.05, 4.69) is 52.7 Å². The maximum Gasteiger partial charge on any atom is 0.193 e. The van der Waals surface area contributed by atoms with E-state index in [1.807, 2.05) is 36.9 Å². The van der Waals surface area contributed by atoms with Crippen LogP contribution in [0.5, 0.6) is 0 Å². The zero-order valence-electron chi connectivity index (χ0n) is 22.9. The average molecular weight is 555 g/mol. The second-order valence-electron chi connectivity index (χ2n) is 10.7. The van der Waals surface area contributed by atoms with Crippen molar-refractivity contribution >= 4 is 36.7 Å². The zero-order chi connectivity index (χ0) is 27.2. The molecule has 1 aliphatic rings. The summed E-state index contributed by atoms with van der Waals surface area (Å²) in [5, 5.41) is 17.4. The molecule has 0 spiro atoms. The van der Waals surface area contributed by atoms with Crippen LogP contribution in [0.3, 0.4) is 0 Å². The van der Waals surface area contributed by atoms with E-state index in [4.69, 9.17) is 19.2 Å². The van der Waals surface area contributed by atoms with Crippen LogP contribution >= 0.6 is 11.3 Å². The number of nitriles is 1. The van der Waals surface area contributed by atoms with Gasteiger partial charge in [-0.05, 0) is 43.0 Å². The summed E-state index contributed by atoms with van der Waals surface area (Å²) in [5.41, 5.74) is 5.25. The van der Waals surface area contributed by atoms with Crippen LogP contribution in [0.4, 0.5) is 0 Å². The highest BCUT2D eigenvalue weighted by Gasteiger charge is 2.45. The van der Waals surface area contributed by atoms with Gasteiger partial charge in [0.2, 0.25) is 0 Å². The second-order valence-corrected chi connectivity index (χ2v) is 17.2. The number of rotatable bonds is 14. The van der Waals surface area contributed by atoms with Crippen LogP contribution in [0, 0.1) is 11.3 Å². The quantitative estimate of drug-likeness (QED) is 0.161. The zero-order valence-corrected chi connectivity index (χ0v) is 24.8. The van der Waals surface area contributed by atoms with Gasteiger partial charge in [0, 0.05) is 64.6 Å². The van der Waals surface area contributed by atoms with E-state index in [9.17, 15) is 5.26 Å². The van der Waals surface area contributed by atoms with Crippen LogP contribution < -0.4 is 5.43 Å². The van der Waals surface area contributed by atoms with Crippen molar-refractivity contribution in [3.8, 4) is 6.07 Å². The predicted octanol–water partition coefficient (Wildman–Crippen LogP) is 5.40. The lowest BCUT2D eigenvalue weighted by Gasteiger charge is -2.33. The van der Waals surface area contributed by atoms with Gasteiger partial charge in [0.15, 0.2) is 6.29 Å². The molecule has 0 aliphatic carbocycles.